The first-order chi connectivity index (χ1) is 13.6. The molecule has 0 aliphatic carbocycles. The van der Waals surface area contributed by atoms with Crippen molar-refractivity contribution in [3.8, 4) is 11.3 Å². The van der Waals surface area contributed by atoms with Crippen molar-refractivity contribution in [1.29, 1.82) is 0 Å². The minimum atomic E-state index is -0.912. The molecule has 0 spiro atoms. The van der Waals surface area contributed by atoms with Crippen LogP contribution >= 0.6 is 11.8 Å². The van der Waals surface area contributed by atoms with Crippen LogP contribution in [0.3, 0.4) is 0 Å². The molecule has 1 heterocycles. The first kappa shape index (κ1) is 18.2. The van der Waals surface area contributed by atoms with E-state index in [0.29, 0.717) is 10.7 Å². The minimum absolute atomic E-state index is 0.450. The molecule has 0 radical (unpaired) electrons. The molecule has 0 saturated carbocycles. The van der Waals surface area contributed by atoms with E-state index in [1.165, 1.54) is 0 Å². The predicted octanol–water partition coefficient (Wildman–Crippen LogP) is 5.52. The number of carboxylic acids is 1. The molecule has 0 aliphatic heterocycles. The fraction of sp³-hybridized carbons (Fsp3) is 0.0870. The molecule has 0 amide bonds. The Labute approximate surface area is 167 Å². The summed E-state index contributed by atoms with van der Waals surface area (Å²) < 4.78 is 0. The second-order valence-corrected chi connectivity index (χ2v) is 7.56. The van der Waals surface area contributed by atoms with E-state index in [0.717, 1.165) is 39.5 Å². The van der Waals surface area contributed by atoms with E-state index in [9.17, 15) is 9.90 Å². The zero-order valence-corrected chi connectivity index (χ0v) is 16.1. The third-order valence-electron chi connectivity index (χ3n) is 4.43. The van der Waals surface area contributed by atoms with Gasteiger partial charge in [0.2, 0.25) is 0 Å². The summed E-state index contributed by atoms with van der Waals surface area (Å²) in [5, 5.41) is 10.4. The molecule has 3 aromatic carbocycles. The number of hydrogen-bond acceptors (Lipinski definition) is 4. The third-order valence-corrected chi connectivity index (χ3v) is 5.53. The molecular formula is C23H18N2O2S. The number of carboxylic acid groups (broad SMARTS) is 1. The maximum absolute atomic E-state index is 11.9. The van der Waals surface area contributed by atoms with Crippen LogP contribution in [0.2, 0.25) is 0 Å². The number of nitrogens with zero attached hydrogens (tertiary/aromatic N) is 2. The second kappa shape index (κ2) is 7.82. The maximum Gasteiger partial charge on any atom is 0.321 e. The van der Waals surface area contributed by atoms with Gasteiger partial charge in [0.1, 0.15) is 5.25 Å². The Morgan fingerprint density at radius 2 is 1.61 bits per heavy atom. The first-order valence-electron chi connectivity index (χ1n) is 8.90. The van der Waals surface area contributed by atoms with Crippen LogP contribution in [0.1, 0.15) is 16.4 Å². The lowest BCUT2D eigenvalue weighted by Crippen LogP contribution is -2.09. The molecule has 0 fully saturated rings. The highest BCUT2D eigenvalue weighted by Crippen LogP contribution is 2.36. The molecule has 1 N–H and O–H groups in total. The topological polar surface area (TPSA) is 63.1 Å². The molecule has 138 valence electrons. The highest BCUT2D eigenvalue weighted by molar-refractivity contribution is 8.00. The van der Waals surface area contributed by atoms with Gasteiger partial charge in [-0.1, -0.05) is 84.1 Å². The van der Waals surface area contributed by atoms with E-state index in [2.05, 4.69) is 11.1 Å². The van der Waals surface area contributed by atoms with Gasteiger partial charge >= 0.3 is 5.97 Å². The Hall–Kier alpha value is -3.18. The lowest BCUT2D eigenvalue weighted by molar-refractivity contribution is -0.136. The van der Waals surface area contributed by atoms with Gasteiger partial charge in [-0.25, -0.2) is 9.97 Å². The number of carbonyl (C=O) groups is 1. The summed E-state index contributed by atoms with van der Waals surface area (Å²) >= 11 is 1.16. The van der Waals surface area contributed by atoms with E-state index in [1.807, 2.05) is 79.7 Å². The lowest BCUT2D eigenvalue weighted by atomic mass is 10.1. The molecule has 0 bridgehead atoms. The van der Waals surface area contributed by atoms with Gasteiger partial charge in [-0.2, -0.15) is 0 Å². The van der Waals surface area contributed by atoms with Crippen molar-refractivity contribution in [1.82, 2.24) is 9.97 Å². The Morgan fingerprint density at radius 1 is 0.929 bits per heavy atom. The highest BCUT2D eigenvalue weighted by Gasteiger charge is 2.23. The number of aryl methyl sites for hydroxylation is 1. The number of rotatable bonds is 5. The summed E-state index contributed by atoms with van der Waals surface area (Å²) in [7, 11) is 0. The van der Waals surface area contributed by atoms with E-state index in [4.69, 9.17) is 4.98 Å². The normalized spacial score (nSPS) is 12.0. The molecule has 4 rings (SSSR count). The van der Waals surface area contributed by atoms with Crippen molar-refractivity contribution in [3.63, 3.8) is 0 Å². The van der Waals surface area contributed by atoms with Crippen LogP contribution in [0.15, 0.2) is 84.0 Å². The van der Waals surface area contributed by atoms with Gasteiger partial charge in [0.05, 0.1) is 11.2 Å². The van der Waals surface area contributed by atoms with Gasteiger partial charge in [0.15, 0.2) is 5.16 Å². The minimum Gasteiger partial charge on any atom is -0.480 e. The summed E-state index contributed by atoms with van der Waals surface area (Å²) in [6.07, 6.45) is 0. The summed E-state index contributed by atoms with van der Waals surface area (Å²) in [5.41, 5.74) is 4.44. The average molecular weight is 386 g/mol. The molecule has 4 aromatic rings. The lowest BCUT2D eigenvalue weighted by Gasteiger charge is -2.14. The van der Waals surface area contributed by atoms with Gasteiger partial charge in [0.25, 0.3) is 0 Å². The van der Waals surface area contributed by atoms with Crippen LogP contribution < -0.4 is 0 Å². The van der Waals surface area contributed by atoms with Crippen LogP contribution in [0.25, 0.3) is 22.2 Å². The second-order valence-electron chi connectivity index (χ2n) is 6.49. The van der Waals surface area contributed by atoms with Crippen molar-refractivity contribution in [3.05, 3.63) is 90.0 Å². The number of benzene rings is 3. The van der Waals surface area contributed by atoms with E-state index >= 15 is 0 Å². The zero-order chi connectivity index (χ0) is 19.5. The highest BCUT2D eigenvalue weighted by atomic mass is 32.2. The fourth-order valence-corrected chi connectivity index (χ4v) is 3.98. The summed E-state index contributed by atoms with van der Waals surface area (Å²) in [5.74, 6) is -0.912. The quantitative estimate of drug-likeness (QED) is 0.361. The molecule has 0 saturated heterocycles. The molecule has 5 heteroatoms. The van der Waals surface area contributed by atoms with Crippen LogP contribution in [0.5, 0.6) is 0 Å². The number of thioether (sulfide) groups is 1. The standard InChI is InChI=1S/C23H18N2O2S/c1-15-12-13-19-18(14-15)20(16-8-4-2-5-9-16)25-23(24-19)28-21(22(26)27)17-10-6-3-7-11-17/h2-14,21H,1H3,(H,26,27). The molecule has 1 aromatic heterocycles. The SMILES string of the molecule is Cc1ccc2nc(SC(C(=O)O)c3ccccc3)nc(-c3ccccc3)c2c1. The summed E-state index contributed by atoms with van der Waals surface area (Å²) in [6.45, 7) is 2.03. The van der Waals surface area contributed by atoms with Gasteiger partial charge in [0, 0.05) is 10.9 Å². The Balaban J connectivity index is 1.84. The molecular weight excluding hydrogens is 368 g/mol. The monoisotopic (exact) mass is 386 g/mol. The molecule has 1 unspecified atom stereocenters. The molecule has 0 aliphatic rings. The van der Waals surface area contributed by atoms with Crippen LogP contribution in [0.4, 0.5) is 0 Å². The molecule has 1 atom stereocenters. The van der Waals surface area contributed by atoms with Crippen molar-refractivity contribution in [2.24, 2.45) is 0 Å². The molecule has 4 nitrogen and oxygen atoms in total. The van der Waals surface area contributed by atoms with Crippen molar-refractivity contribution in [2.75, 3.05) is 0 Å². The predicted molar refractivity (Wildman–Crippen MR) is 112 cm³/mol. The largest absolute Gasteiger partial charge is 0.480 e. The first-order valence-corrected chi connectivity index (χ1v) is 9.78. The van der Waals surface area contributed by atoms with Crippen molar-refractivity contribution in [2.45, 2.75) is 17.3 Å². The van der Waals surface area contributed by atoms with Crippen molar-refractivity contribution >= 4 is 28.6 Å². The number of aliphatic carboxylic acids is 1. The Morgan fingerprint density at radius 3 is 2.29 bits per heavy atom. The maximum atomic E-state index is 11.9. The summed E-state index contributed by atoms with van der Waals surface area (Å²) in [4.78, 5) is 21.3. The zero-order valence-electron chi connectivity index (χ0n) is 15.2. The summed E-state index contributed by atoms with van der Waals surface area (Å²) in [6, 6.07) is 25.1. The van der Waals surface area contributed by atoms with E-state index in [1.54, 1.807) is 0 Å². The number of aromatic nitrogens is 2. The third kappa shape index (κ3) is 3.75. The van der Waals surface area contributed by atoms with E-state index < -0.39 is 11.2 Å². The Bertz CT molecular complexity index is 1130. The average Bonchev–Trinajstić information content (AvgIpc) is 2.72. The number of fused-ring (bicyclic) bond motifs is 1. The fourth-order valence-electron chi connectivity index (χ4n) is 3.08. The van der Waals surface area contributed by atoms with E-state index in [-0.39, 0.29) is 0 Å². The molecule has 28 heavy (non-hydrogen) atoms. The van der Waals surface area contributed by atoms with Gasteiger partial charge < -0.3 is 5.11 Å². The van der Waals surface area contributed by atoms with Crippen LogP contribution in [0, 0.1) is 6.92 Å². The van der Waals surface area contributed by atoms with Crippen molar-refractivity contribution < 1.29 is 9.90 Å². The van der Waals surface area contributed by atoms with Crippen LogP contribution in [-0.2, 0) is 4.79 Å². The van der Waals surface area contributed by atoms with Gasteiger partial charge in [-0.15, -0.1) is 0 Å². The van der Waals surface area contributed by atoms with Gasteiger partial charge in [-0.05, 0) is 24.6 Å². The number of hydrogen-bond donors (Lipinski definition) is 1. The van der Waals surface area contributed by atoms with Gasteiger partial charge in [-0.3, -0.25) is 4.79 Å². The Kier molecular flexibility index (Phi) is 5.08. The smallest absolute Gasteiger partial charge is 0.321 e. The van der Waals surface area contributed by atoms with Crippen LogP contribution in [-0.4, -0.2) is 21.0 Å².